The lowest BCUT2D eigenvalue weighted by molar-refractivity contribution is -0.136. The molecule has 0 spiro atoms. The first kappa shape index (κ1) is 95.1. The molecule has 7 aromatic rings. The lowest BCUT2D eigenvalue weighted by atomic mass is 9.75. The fourth-order valence-corrected chi connectivity index (χ4v) is 16.1. The van der Waals surface area contributed by atoms with Crippen LogP contribution in [0.4, 0.5) is 0 Å². The number of phenolic OH excluding ortho intramolecular Hbond substituents is 6. The van der Waals surface area contributed by atoms with E-state index in [1.54, 1.807) is 0 Å². The number of aliphatic carboxylic acids is 1. The van der Waals surface area contributed by atoms with Crippen LogP contribution in [-0.4, -0.2) is 47.0 Å². The predicted molar refractivity (Wildman–Crippen MR) is 481 cm³/mol. The Balaban J connectivity index is 0.000000341. The zero-order valence-electron chi connectivity index (χ0n) is 76.6. The van der Waals surface area contributed by atoms with Crippen LogP contribution < -0.4 is 0 Å². The van der Waals surface area contributed by atoms with Gasteiger partial charge in [0.05, 0.1) is 0 Å². The monoisotopic (exact) mass is 1560 g/mol. The molecule has 0 aliphatic heterocycles. The topological polar surface area (TPSA) is 159 Å². The van der Waals surface area contributed by atoms with Crippen molar-refractivity contribution in [2.45, 2.75) is 377 Å². The van der Waals surface area contributed by atoms with E-state index in [-0.39, 0.29) is 65.0 Å². The Labute approximate surface area is 684 Å². The summed E-state index contributed by atoms with van der Waals surface area (Å²) in [5.74, 6) is 3.23. The first-order valence-electron chi connectivity index (χ1n) is 40.4. The average Bonchev–Trinajstić information content (AvgIpc) is 0.778. The lowest BCUT2D eigenvalue weighted by Crippen LogP contribution is -2.20. The molecule has 10 heteroatoms. The second kappa shape index (κ2) is 33.4. The molecule has 0 fully saturated rings. The first-order valence-corrected chi connectivity index (χ1v) is 42.1. The van der Waals surface area contributed by atoms with Crippen LogP contribution in [0.1, 0.15) is 383 Å². The number of phenols is 6. The van der Waals surface area contributed by atoms with E-state index in [4.69, 9.17) is 5.11 Å². The molecule has 8 nitrogen and oxygen atoms in total. The highest BCUT2D eigenvalue weighted by Crippen LogP contribution is 2.49. The van der Waals surface area contributed by atoms with Crippen molar-refractivity contribution in [1.29, 1.82) is 0 Å². The number of thiol groups is 1. The molecule has 0 aliphatic rings. The number of hydrogen-bond donors (Lipinski definition) is 8. The lowest BCUT2D eigenvalue weighted by Gasteiger charge is -2.30. The van der Waals surface area contributed by atoms with Gasteiger partial charge in [-0.1, -0.05) is 322 Å². The second-order valence-corrected chi connectivity index (χ2v) is 46.2. The molecule has 0 heterocycles. The molecule has 0 radical (unpaired) electrons. The van der Waals surface area contributed by atoms with E-state index in [2.05, 4.69) is 302 Å². The smallest absolute Gasteiger partial charge is 0.316 e. The SMILES string of the molecule is CC(C)(C)c1cc(CC(S)C(=O)O)cc(C(C)(C)C)c1O.CC(C)(C)c1cc(CSCc2cc(C(C)(C)C)c(O)c(C(C)(C)C)c2)cc(C(C)(C)C)c1O.Cc1c(Cc2cc(C(C)(C)C)c(O)c(C(C)(C)C)c2)c(C)c(Cc2cc(C(C)(C)C)c(O)c(C(C)(C)C)c2)c(C)c1Cc1cc(C(C)(C)C)c(O)c(C(C)(C)C)c1. The molecule has 0 aromatic heterocycles. The van der Waals surface area contributed by atoms with Crippen LogP contribution in [0.15, 0.2) is 72.8 Å². The van der Waals surface area contributed by atoms with Gasteiger partial charge in [0, 0.05) is 11.5 Å². The van der Waals surface area contributed by atoms with Crippen LogP contribution in [0, 0.1) is 20.8 Å². The maximum Gasteiger partial charge on any atom is 0.316 e. The number of carboxylic acids is 1. The summed E-state index contributed by atoms with van der Waals surface area (Å²) in [6.45, 7) is 84.3. The minimum Gasteiger partial charge on any atom is -0.507 e. The Bertz CT molecular complexity index is 3950. The molecule has 7 N–H and O–H groups in total. The molecule has 0 saturated heterocycles. The molecule has 111 heavy (non-hydrogen) atoms. The molecule has 7 rings (SSSR count). The van der Waals surface area contributed by atoms with Gasteiger partial charge in [-0.05, 0) is 245 Å². The van der Waals surface area contributed by atoms with Gasteiger partial charge in [-0.3, -0.25) is 4.79 Å². The zero-order valence-corrected chi connectivity index (χ0v) is 78.4. The van der Waals surface area contributed by atoms with Crippen molar-refractivity contribution in [2.24, 2.45) is 0 Å². The van der Waals surface area contributed by atoms with E-state index in [0.29, 0.717) is 40.9 Å². The van der Waals surface area contributed by atoms with Crippen molar-refractivity contribution in [3.05, 3.63) is 206 Å². The van der Waals surface area contributed by atoms with Crippen LogP contribution in [0.3, 0.4) is 0 Å². The Hall–Kier alpha value is -6.49. The van der Waals surface area contributed by atoms with Gasteiger partial charge >= 0.3 is 5.97 Å². The Kier molecular flexibility index (Phi) is 28.6. The molecule has 7 aromatic carbocycles. The number of rotatable bonds is 13. The number of aromatic hydroxyl groups is 6. The molecule has 1 unspecified atom stereocenters. The molecule has 0 amide bonds. The van der Waals surface area contributed by atoms with Crippen molar-refractivity contribution in [3.63, 3.8) is 0 Å². The van der Waals surface area contributed by atoms with Gasteiger partial charge in [-0.25, -0.2) is 0 Å². The summed E-state index contributed by atoms with van der Waals surface area (Å²) in [6.07, 6.45) is 2.58. The molecule has 1 atom stereocenters. The van der Waals surface area contributed by atoms with Crippen molar-refractivity contribution >= 4 is 30.4 Å². The van der Waals surface area contributed by atoms with Crippen molar-refractivity contribution in [2.75, 3.05) is 0 Å². The summed E-state index contributed by atoms with van der Waals surface area (Å²) < 4.78 is 0. The Morgan fingerprint density at radius 1 is 0.270 bits per heavy atom. The van der Waals surface area contributed by atoms with E-state index in [1.807, 2.05) is 65.4 Å². The van der Waals surface area contributed by atoms with Gasteiger partial charge in [0.15, 0.2) is 0 Å². The van der Waals surface area contributed by atoms with Gasteiger partial charge in [0.1, 0.15) is 39.7 Å². The molecular weight excluding hydrogens is 1410 g/mol. The highest BCUT2D eigenvalue weighted by molar-refractivity contribution is 7.97. The quantitative estimate of drug-likeness (QED) is 0.0526. The third kappa shape index (κ3) is 23.8. The van der Waals surface area contributed by atoms with Crippen LogP contribution in [0.5, 0.6) is 34.5 Å². The summed E-state index contributed by atoms with van der Waals surface area (Å²) in [6, 6.07) is 25.9. The summed E-state index contributed by atoms with van der Waals surface area (Å²) in [5, 5.41) is 75.8. The maximum atomic E-state index is 11.6. The maximum absolute atomic E-state index is 11.6. The summed E-state index contributed by atoms with van der Waals surface area (Å²) in [7, 11) is 0. The van der Waals surface area contributed by atoms with Gasteiger partial charge in [-0.15, -0.1) is 0 Å². The molecule has 0 bridgehead atoms. The average molecular weight is 1560 g/mol. The highest BCUT2D eigenvalue weighted by Gasteiger charge is 2.35. The molecule has 614 valence electrons. The normalized spacial score (nSPS) is 13.5. The van der Waals surface area contributed by atoms with E-state index in [9.17, 15) is 35.4 Å². The third-order valence-corrected chi connectivity index (χ3v) is 23.3. The van der Waals surface area contributed by atoms with E-state index in [1.165, 1.54) is 61.2 Å². The summed E-state index contributed by atoms with van der Waals surface area (Å²) in [5.41, 5.74) is 24.3. The van der Waals surface area contributed by atoms with Crippen molar-refractivity contribution < 1.29 is 40.5 Å². The van der Waals surface area contributed by atoms with Crippen LogP contribution in [0.2, 0.25) is 0 Å². The molecule has 0 saturated carbocycles. The fraction of sp³-hybridized carbons (Fsp3) is 0.574. The number of benzene rings is 7. The van der Waals surface area contributed by atoms with Gasteiger partial charge in [0.25, 0.3) is 0 Å². The van der Waals surface area contributed by atoms with Gasteiger partial charge < -0.3 is 35.7 Å². The van der Waals surface area contributed by atoms with E-state index >= 15 is 0 Å². The second-order valence-electron chi connectivity index (χ2n) is 44.6. The Morgan fingerprint density at radius 2 is 0.405 bits per heavy atom. The minimum absolute atomic E-state index is 0.120. The standard InChI is InChI=1S/C54H78O3.C30H46O2S.C17H26O3S/c1-31-37(22-34-25-40(49(4,5)6)46(55)41(26-34)50(7,8)9)32(2)39(24-36-29-44(53(16,17)18)48(57)45(30-36)54(19,20)21)33(3)38(31)23-35-27-42(51(10,11)12)47(56)43(28-35)52(13,14)15;1-27(2,3)21-13-19(14-22(25(21)31)28(4,5)6)17-33-18-20-15-23(29(7,8)9)26(32)24(16-20)30(10,11)12;1-16(2,3)11-7-10(9-13(21)15(19)20)8-12(14(11)18)17(4,5)6/h25-30,55-57H,22-24H2,1-21H3;13-16,31-32H,17-18H2,1-12H3;7-8,13,18,21H,9H2,1-6H3,(H,19,20). The highest BCUT2D eigenvalue weighted by atomic mass is 32.2. The zero-order chi connectivity index (χ0) is 85.9. The number of thioether (sulfide) groups is 1. The van der Waals surface area contributed by atoms with Crippen molar-refractivity contribution in [3.8, 4) is 34.5 Å². The van der Waals surface area contributed by atoms with Crippen LogP contribution >= 0.6 is 24.4 Å². The predicted octanol–water partition coefficient (Wildman–Crippen LogP) is 26.9. The van der Waals surface area contributed by atoms with Crippen LogP contribution in [-0.2, 0) is 107 Å². The summed E-state index contributed by atoms with van der Waals surface area (Å²) in [4.78, 5) is 11.0. The number of hydrogen-bond acceptors (Lipinski definition) is 9. The largest absolute Gasteiger partial charge is 0.507 e. The fourth-order valence-electron chi connectivity index (χ4n) is 15.0. The van der Waals surface area contributed by atoms with Crippen LogP contribution in [0.25, 0.3) is 0 Å². The van der Waals surface area contributed by atoms with Crippen molar-refractivity contribution in [1.82, 2.24) is 0 Å². The molecule has 0 aliphatic carbocycles. The summed E-state index contributed by atoms with van der Waals surface area (Å²) >= 11 is 6.00. The minimum atomic E-state index is -0.930. The van der Waals surface area contributed by atoms with E-state index in [0.717, 1.165) is 103 Å². The van der Waals surface area contributed by atoms with Gasteiger partial charge in [0.2, 0.25) is 0 Å². The number of carboxylic acid groups (broad SMARTS) is 1. The van der Waals surface area contributed by atoms with Gasteiger partial charge in [-0.2, -0.15) is 24.4 Å². The first-order chi connectivity index (χ1) is 49.6. The number of carbonyl (C=O) groups is 1. The molecular formula is C101H150O8S2. The third-order valence-electron chi connectivity index (χ3n) is 21.8. The Morgan fingerprint density at radius 3 is 0.541 bits per heavy atom. The van der Waals surface area contributed by atoms with E-state index < -0.39 is 11.2 Å².